The van der Waals surface area contributed by atoms with Gasteiger partial charge in [-0.1, -0.05) is 26.3 Å². The molecule has 1 rings (SSSR count). The van der Waals surface area contributed by atoms with Gasteiger partial charge in [0.25, 0.3) is 0 Å². The number of aliphatic hydroxyl groups is 2. The Labute approximate surface area is 132 Å². The van der Waals surface area contributed by atoms with E-state index in [2.05, 4.69) is 6.58 Å². The fourth-order valence-electron chi connectivity index (χ4n) is 2.16. The van der Waals surface area contributed by atoms with Gasteiger partial charge >= 0.3 is 5.97 Å². The van der Waals surface area contributed by atoms with Crippen molar-refractivity contribution in [1.29, 1.82) is 0 Å². The summed E-state index contributed by atoms with van der Waals surface area (Å²) >= 11 is 0. The number of aliphatic hydroxyl groups excluding tert-OH is 2. The second-order valence-corrected chi connectivity index (χ2v) is 5.75. The zero-order chi connectivity index (χ0) is 16.6. The number of carbonyl (C=O) groups excluding carboxylic acids is 1. The molecule has 6 nitrogen and oxygen atoms in total. The molecule has 1 saturated heterocycles. The molecule has 0 aliphatic carbocycles. The average Bonchev–Trinajstić information content (AvgIpc) is 2.90. The van der Waals surface area contributed by atoms with Crippen LogP contribution in [-0.4, -0.2) is 54.0 Å². The Balaban J connectivity index is 2.25. The summed E-state index contributed by atoms with van der Waals surface area (Å²) in [7, 11) is 0. The summed E-state index contributed by atoms with van der Waals surface area (Å²) in [5.41, 5.74) is 0.0566. The average molecular weight is 316 g/mol. The van der Waals surface area contributed by atoms with Crippen LogP contribution in [0.3, 0.4) is 0 Å². The van der Waals surface area contributed by atoms with Crippen LogP contribution in [0.4, 0.5) is 0 Å². The number of unbranched alkanes of at least 4 members (excludes halogenated alkanes) is 2. The molecule has 0 spiro atoms. The molecular formula is C16H28O6. The lowest BCUT2D eigenvalue weighted by atomic mass is 10.0. The molecule has 0 aromatic heterocycles. The lowest BCUT2D eigenvalue weighted by Crippen LogP contribution is -2.28. The number of ether oxygens (including phenoxy) is 3. The van der Waals surface area contributed by atoms with Crippen molar-refractivity contribution in [2.75, 3.05) is 19.8 Å². The van der Waals surface area contributed by atoms with Gasteiger partial charge in [0.1, 0.15) is 12.7 Å². The number of esters is 1. The van der Waals surface area contributed by atoms with E-state index in [1.54, 1.807) is 0 Å². The molecular weight excluding hydrogens is 288 g/mol. The van der Waals surface area contributed by atoms with E-state index in [9.17, 15) is 9.90 Å². The minimum absolute atomic E-state index is 0.0566. The number of carbonyl (C=O) groups is 1. The van der Waals surface area contributed by atoms with E-state index in [0.717, 1.165) is 19.3 Å². The van der Waals surface area contributed by atoms with Crippen molar-refractivity contribution < 1.29 is 29.2 Å². The van der Waals surface area contributed by atoms with Gasteiger partial charge in [0, 0.05) is 6.61 Å². The Morgan fingerprint density at radius 2 is 2.18 bits per heavy atom. The highest BCUT2D eigenvalue weighted by atomic mass is 16.7. The summed E-state index contributed by atoms with van der Waals surface area (Å²) in [5.74, 6) is -1.22. The summed E-state index contributed by atoms with van der Waals surface area (Å²) in [5, 5.41) is 18.6. The van der Waals surface area contributed by atoms with Crippen molar-refractivity contribution in [2.24, 2.45) is 0 Å². The molecule has 6 heteroatoms. The van der Waals surface area contributed by atoms with Crippen LogP contribution in [0.2, 0.25) is 0 Å². The van der Waals surface area contributed by atoms with Gasteiger partial charge in [-0.2, -0.15) is 0 Å². The first kappa shape index (κ1) is 19.1. The summed E-state index contributed by atoms with van der Waals surface area (Å²) in [6.45, 7) is 8.02. The number of hydrogen-bond donors (Lipinski definition) is 2. The molecule has 1 fully saturated rings. The molecule has 128 valence electrons. The van der Waals surface area contributed by atoms with Crippen LogP contribution in [0.25, 0.3) is 0 Å². The predicted molar refractivity (Wildman–Crippen MR) is 81.2 cm³/mol. The minimum Gasteiger partial charge on any atom is -0.459 e. The molecule has 0 aromatic rings. The highest BCUT2D eigenvalue weighted by molar-refractivity contribution is 5.88. The van der Waals surface area contributed by atoms with Crippen molar-refractivity contribution in [3.63, 3.8) is 0 Å². The Morgan fingerprint density at radius 1 is 1.45 bits per heavy atom. The molecule has 0 saturated carbocycles. The van der Waals surface area contributed by atoms with E-state index in [1.807, 2.05) is 13.8 Å². The minimum atomic E-state index is -0.909. The number of rotatable bonds is 10. The maximum absolute atomic E-state index is 11.8. The zero-order valence-electron chi connectivity index (χ0n) is 13.5. The van der Waals surface area contributed by atoms with Gasteiger partial charge in [-0.15, -0.1) is 0 Å². The number of hydrogen-bond acceptors (Lipinski definition) is 6. The maximum Gasteiger partial charge on any atom is 0.336 e. The summed E-state index contributed by atoms with van der Waals surface area (Å²) in [6.07, 6.45) is 2.18. The second kappa shape index (κ2) is 9.25. The molecule has 0 radical (unpaired) electrons. The fourth-order valence-corrected chi connectivity index (χ4v) is 2.16. The molecule has 0 amide bonds. The lowest BCUT2D eigenvalue weighted by molar-refractivity contribution is -0.166. The van der Waals surface area contributed by atoms with E-state index in [0.29, 0.717) is 19.4 Å². The first-order chi connectivity index (χ1) is 10.4. The van der Waals surface area contributed by atoms with Crippen molar-refractivity contribution in [2.45, 2.75) is 63.9 Å². The van der Waals surface area contributed by atoms with Crippen LogP contribution in [0.1, 0.15) is 46.0 Å². The standard InChI is InChI=1S/C16H28O6/c1-4-16(3)21-11-13(22-16)10-20-15(19)12(2)14(18)8-6-5-7-9-17/h13-14,17-18H,2,4-11H2,1,3H3. The smallest absolute Gasteiger partial charge is 0.336 e. The third-order valence-electron chi connectivity index (χ3n) is 3.83. The second-order valence-electron chi connectivity index (χ2n) is 5.75. The molecule has 0 aromatic carbocycles. The van der Waals surface area contributed by atoms with E-state index in [4.69, 9.17) is 19.3 Å². The van der Waals surface area contributed by atoms with E-state index >= 15 is 0 Å². The molecule has 1 heterocycles. The third-order valence-corrected chi connectivity index (χ3v) is 3.83. The van der Waals surface area contributed by atoms with Gasteiger partial charge < -0.3 is 24.4 Å². The Morgan fingerprint density at radius 3 is 2.77 bits per heavy atom. The zero-order valence-corrected chi connectivity index (χ0v) is 13.5. The van der Waals surface area contributed by atoms with Gasteiger partial charge in [-0.3, -0.25) is 0 Å². The Kier molecular flexibility index (Phi) is 8.03. The first-order valence-electron chi connectivity index (χ1n) is 7.88. The van der Waals surface area contributed by atoms with Crippen LogP contribution < -0.4 is 0 Å². The van der Waals surface area contributed by atoms with Gasteiger partial charge in [-0.05, 0) is 26.2 Å². The molecule has 0 bridgehead atoms. The van der Waals surface area contributed by atoms with Crippen molar-refractivity contribution in [3.05, 3.63) is 12.2 Å². The lowest BCUT2D eigenvalue weighted by Gasteiger charge is -2.21. The summed E-state index contributed by atoms with van der Waals surface area (Å²) < 4.78 is 16.3. The van der Waals surface area contributed by atoms with Crippen molar-refractivity contribution in [3.8, 4) is 0 Å². The van der Waals surface area contributed by atoms with E-state index in [1.165, 1.54) is 0 Å². The monoisotopic (exact) mass is 316 g/mol. The van der Waals surface area contributed by atoms with Crippen molar-refractivity contribution in [1.82, 2.24) is 0 Å². The Bertz CT molecular complexity index is 370. The summed E-state index contributed by atoms with van der Waals surface area (Å²) in [6, 6.07) is 0. The van der Waals surface area contributed by atoms with E-state index < -0.39 is 17.9 Å². The molecule has 3 atom stereocenters. The third kappa shape index (κ3) is 6.04. The maximum atomic E-state index is 11.8. The van der Waals surface area contributed by atoms with Gasteiger partial charge in [0.2, 0.25) is 0 Å². The largest absolute Gasteiger partial charge is 0.459 e. The predicted octanol–water partition coefficient (Wildman–Crippen LogP) is 1.54. The van der Waals surface area contributed by atoms with Crippen LogP contribution in [-0.2, 0) is 19.0 Å². The van der Waals surface area contributed by atoms with Gasteiger partial charge in [-0.25, -0.2) is 4.79 Å². The van der Waals surface area contributed by atoms with Crippen LogP contribution in [0.15, 0.2) is 12.2 Å². The molecule has 1 aliphatic heterocycles. The van der Waals surface area contributed by atoms with Crippen LogP contribution in [0.5, 0.6) is 0 Å². The molecule has 3 unspecified atom stereocenters. The fraction of sp³-hybridized carbons (Fsp3) is 0.812. The quantitative estimate of drug-likeness (QED) is 0.361. The van der Waals surface area contributed by atoms with Gasteiger partial charge in [0.15, 0.2) is 5.79 Å². The van der Waals surface area contributed by atoms with Gasteiger partial charge in [0.05, 0.1) is 18.3 Å². The molecule has 22 heavy (non-hydrogen) atoms. The van der Waals surface area contributed by atoms with Crippen LogP contribution >= 0.6 is 0 Å². The topological polar surface area (TPSA) is 85.2 Å². The Hall–Kier alpha value is -0.950. The van der Waals surface area contributed by atoms with Crippen molar-refractivity contribution >= 4 is 5.97 Å². The molecule has 1 aliphatic rings. The molecule has 2 N–H and O–H groups in total. The highest BCUT2D eigenvalue weighted by Crippen LogP contribution is 2.26. The SMILES string of the molecule is C=C(C(=O)OCC1COC(C)(CC)O1)C(O)CCCCCO. The first-order valence-corrected chi connectivity index (χ1v) is 7.88. The normalized spacial score (nSPS) is 25.9. The van der Waals surface area contributed by atoms with E-state index in [-0.39, 0.29) is 24.9 Å². The highest BCUT2D eigenvalue weighted by Gasteiger charge is 2.36. The van der Waals surface area contributed by atoms with Crippen LogP contribution in [0, 0.1) is 0 Å². The summed E-state index contributed by atoms with van der Waals surface area (Å²) in [4.78, 5) is 11.8.